The van der Waals surface area contributed by atoms with Crippen LogP contribution in [0.4, 0.5) is 26.2 Å². The zero-order valence-electron chi connectivity index (χ0n) is 53.6. The van der Waals surface area contributed by atoms with Gasteiger partial charge in [0.15, 0.2) is 40.6 Å². The maximum atomic E-state index is 14.7. The molecule has 522 valence electrons. The van der Waals surface area contributed by atoms with Crippen LogP contribution in [-0.2, 0) is 14.4 Å². The third-order valence-electron chi connectivity index (χ3n) is 16.6. The molecular formula is C72H77Cl2F2N15O9. The van der Waals surface area contributed by atoms with Crippen molar-refractivity contribution in [2.24, 2.45) is 0 Å². The Morgan fingerprint density at radius 3 is 1.11 bits per heavy atom. The van der Waals surface area contributed by atoms with Gasteiger partial charge in [-0.2, -0.15) is 15.3 Å². The highest BCUT2D eigenvalue weighted by molar-refractivity contribution is 6.38. The van der Waals surface area contributed by atoms with Crippen LogP contribution in [0.3, 0.4) is 0 Å². The summed E-state index contributed by atoms with van der Waals surface area (Å²) in [5.41, 5.74) is 25.1. The number of ether oxygens (including phenoxy) is 6. The van der Waals surface area contributed by atoms with Crippen molar-refractivity contribution < 1.29 is 51.6 Å². The van der Waals surface area contributed by atoms with Gasteiger partial charge in [0.05, 0.1) is 75.0 Å². The molecule has 0 radical (unpaired) electrons. The lowest BCUT2D eigenvalue weighted by atomic mass is 10.0. The van der Waals surface area contributed by atoms with Crippen LogP contribution in [0, 0.1) is 47.2 Å². The summed E-state index contributed by atoms with van der Waals surface area (Å²) in [5.74, 6) is 18.3. The minimum absolute atomic E-state index is 0. The largest absolute Gasteiger partial charge is 0.497 e. The number of likely N-dealkylation sites (tertiary alicyclic amines) is 3. The molecule has 3 fully saturated rings. The Kier molecular flexibility index (Phi) is 25.1. The highest BCUT2D eigenvalue weighted by atomic mass is 35.5. The third kappa shape index (κ3) is 15.4. The SMILES string of the molecule is C.C.C.C=CC(=O)N1CCC(c2cc(C#Cc3c(Cl)c(OC)cc(OC)c3Cl)c3c(N)ncnn23)C1.C=CC(=O)N1CCC(c2cc(C#Cc3c(F)c(OC)cc(OC)c3F)c3c(N)ncnn23)C1.C=CC(=O)N1CCC(c2cc(C#Cc3cc(OC)cc(OC)c3)c3c(N)ncnn23)C1. The van der Waals surface area contributed by atoms with E-state index in [1.807, 2.05) is 24.3 Å². The number of hydrogen-bond donors (Lipinski definition) is 3. The van der Waals surface area contributed by atoms with Crippen LogP contribution in [-0.4, -0.2) is 158 Å². The molecule has 28 heteroatoms. The number of anilines is 3. The van der Waals surface area contributed by atoms with Gasteiger partial charge in [0.1, 0.15) is 64.1 Å². The molecule has 24 nitrogen and oxygen atoms in total. The first-order valence-corrected chi connectivity index (χ1v) is 30.7. The van der Waals surface area contributed by atoms with Crippen LogP contribution in [0.5, 0.6) is 34.5 Å². The van der Waals surface area contributed by atoms with Gasteiger partial charge in [0.2, 0.25) is 17.7 Å². The van der Waals surface area contributed by atoms with Crippen LogP contribution in [0.25, 0.3) is 16.6 Å². The summed E-state index contributed by atoms with van der Waals surface area (Å²) >= 11 is 12.9. The van der Waals surface area contributed by atoms with Crippen LogP contribution in [0.15, 0.2) is 105 Å². The third-order valence-corrected chi connectivity index (χ3v) is 17.3. The van der Waals surface area contributed by atoms with Crippen LogP contribution in [0.1, 0.15) is 110 Å². The van der Waals surface area contributed by atoms with Gasteiger partial charge < -0.3 is 60.3 Å². The standard InChI is InChI=1S/C23H21Cl2N5O3.C23H21F2N5O3.C23H23N5O3.3CH4/c2*1-4-19(31)29-8-7-14(11-29)16-9-13(22-23(26)27-12-28-30(16)22)5-6-15-20(24)17(32-2)10-18(33-3)21(15)25;1-4-21(29)27-8-7-17(13-27)20-11-16(22-23(24)25-14-26-28(20)22)6-5-15-9-18(30-2)12-19(10-15)31-3;;;/h2*4,9-10,12,14H,1,7-8,11H2,2-3H3,(H2,26,27,28);4,9-12,14,17H,1,7-8,13H2,2-3H3,(H2,24,25,26);3*1H4. The molecule has 9 heterocycles. The number of amides is 3. The van der Waals surface area contributed by atoms with E-state index in [-0.39, 0.29) is 90.9 Å². The fourth-order valence-corrected chi connectivity index (χ4v) is 12.3. The number of hydrogen-bond acceptors (Lipinski definition) is 18. The number of fused-ring (bicyclic) bond motifs is 3. The number of nitrogen functional groups attached to an aromatic ring is 3. The van der Waals surface area contributed by atoms with Crippen LogP contribution < -0.4 is 45.6 Å². The molecule has 6 aromatic heterocycles. The minimum Gasteiger partial charge on any atom is -0.497 e. The smallest absolute Gasteiger partial charge is 0.245 e. The van der Waals surface area contributed by atoms with E-state index in [2.05, 4.69) is 85.5 Å². The summed E-state index contributed by atoms with van der Waals surface area (Å²) in [5, 5.41) is 13.6. The Morgan fingerprint density at radius 2 is 0.790 bits per heavy atom. The maximum Gasteiger partial charge on any atom is 0.245 e. The Bertz CT molecular complexity index is 4550. The molecule has 3 aliphatic heterocycles. The van der Waals surface area contributed by atoms with Crippen molar-refractivity contribution in [2.75, 3.05) is 99.1 Å². The second-order valence-corrected chi connectivity index (χ2v) is 22.8. The van der Waals surface area contributed by atoms with Gasteiger partial charge in [0, 0.05) is 97.9 Å². The van der Waals surface area contributed by atoms with Crippen molar-refractivity contribution in [2.45, 2.75) is 59.3 Å². The summed E-state index contributed by atoms with van der Waals surface area (Å²) in [6.45, 7) is 14.2. The lowest BCUT2D eigenvalue weighted by Gasteiger charge is -2.14. The Labute approximate surface area is 588 Å². The normalized spacial score (nSPS) is 14.9. The Hall–Kier alpha value is -11.5. The fraction of sp³-hybridized carbons (Fsp3) is 0.292. The van der Waals surface area contributed by atoms with Crippen LogP contribution >= 0.6 is 23.2 Å². The van der Waals surface area contributed by atoms with Gasteiger partial charge in [0.25, 0.3) is 0 Å². The zero-order valence-corrected chi connectivity index (χ0v) is 55.1. The first-order chi connectivity index (χ1) is 46.8. The first-order valence-electron chi connectivity index (χ1n) is 29.9. The molecule has 0 bridgehead atoms. The molecule has 12 rings (SSSR count). The Morgan fingerprint density at radius 1 is 0.470 bits per heavy atom. The fourth-order valence-electron chi connectivity index (χ4n) is 11.7. The van der Waals surface area contributed by atoms with E-state index in [1.165, 1.54) is 65.6 Å². The van der Waals surface area contributed by atoms with Crippen molar-refractivity contribution in [3.05, 3.63) is 178 Å². The quantitative estimate of drug-likeness (QED) is 0.0757. The molecule has 6 N–H and O–H groups in total. The van der Waals surface area contributed by atoms with Gasteiger partial charge in [-0.25, -0.2) is 37.3 Å². The zero-order chi connectivity index (χ0) is 69.4. The molecule has 3 aliphatic rings. The summed E-state index contributed by atoms with van der Waals surface area (Å²) < 4.78 is 65.8. The number of rotatable bonds is 12. The topological polar surface area (TPSA) is 285 Å². The summed E-state index contributed by atoms with van der Waals surface area (Å²) in [6, 6.07) is 13.8. The Balaban J connectivity index is 0.000000208. The van der Waals surface area contributed by atoms with E-state index in [9.17, 15) is 23.2 Å². The van der Waals surface area contributed by atoms with Crippen LogP contribution in [0.2, 0.25) is 10.0 Å². The van der Waals surface area contributed by atoms with E-state index >= 15 is 0 Å². The number of halogens is 4. The number of nitrogens with two attached hydrogens (primary N) is 3. The monoisotopic (exact) mass is 1400 g/mol. The summed E-state index contributed by atoms with van der Waals surface area (Å²) in [4.78, 5) is 53.5. The van der Waals surface area contributed by atoms with E-state index in [0.29, 0.717) is 108 Å². The predicted molar refractivity (Wildman–Crippen MR) is 381 cm³/mol. The lowest BCUT2D eigenvalue weighted by molar-refractivity contribution is -0.125. The van der Waals surface area contributed by atoms with Crippen molar-refractivity contribution in [1.82, 2.24) is 58.5 Å². The van der Waals surface area contributed by atoms with E-state index in [4.69, 9.17) is 68.8 Å². The second-order valence-electron chi connectivity index (χ2n) is 22.0. The van der Waals surface area contributed by atoms with Gasteiger partial charge >= 0.3 is 0 Å². The van der Waals surface area contributed by atoms with Crippen molar-refractivity contribution in [3.63, 3.8) is 0 Å². The van der Waals surface area contributed by atoms with E-state index < -0.39 is 17.2 Å². The number of carbonyl (C=O) groups is 3. The first kappa shape index (κ1) is 75.8. The van der Waals surface area contributed by atoms with Gasteiger partial charge in [-0.3, -0.25) is 14.4 Å². The summed E-state index contributed by atoms with van der Waals surface area (Å²) in [6.07, 6.45) is 10.4. The van der Waals surface area contributed by atoms with E-state index in [0.717, 1.165) is 47.1 Å². The average molecular weight is 1410 g/mol. The molecule has 100 heavy (non-hydrogen) atoms. The second kappa shape index (κ2) is 33.1. The summed E-state index contributed by atoms with van der Waals surface area (Å²) in [7, 11) is 8.72. The predicted octanol–water partition coefficient (Wildman–Crippen LogP) is 10.2. The number of carbonyl (C=O) groups excluding carboxylic acids is 3. The molecular weight excluding hydrogens is 1330 g/mol. The molecule has 9 aromatic rings. The number of methoxy groups -OCH3 is 6. The van der Waals surface area contributed by atoms with Gasteiger partial charge in [-0.05, 0) is 67.8 Å². The molecule has 3 amide bonds. The lowest BCUT2D eigenvalue weighted by Crippen LogP contribution is -2.26. The molecule has 3 aromatic carbocycles. The highest BCUT2D eigenvalue weighted by Crippen LogP contribution is 2.41. The van der Waals surface area contributed by atoms with Gasteiger partial charge in [-0.15, -0.1) is 0 Å². The maximum absolute atomic E-state index is 14.7. The van der Waals surface area contributed by atoms with E-state index in [1.54, 1.807) is 60.7 Å². The molecule has 0 saturated carbocycles. The molecule has 0 spiro atoms. The highest BCUT2D eigenvalue weighted by Gasteiger charge is 2.33. The number of nitrogens with zero attached hydrogens (tertiary/aromatic N) is 12. The van der Waals surface area contributed by atoms with Crippen molar-refractivity contribution >= 4 is 74.9 Å². The molecule has 3 unspecified atom stereocenters. The average Bonchev–Trinajstić information content (AvgIpc) is 1.62. The minimum atomic E-state index is -0.939. The number of aromatic nitrogens is 9. The molecule has 3 saturated heterocycles. The number of benzene rings is 3. The molecule has 3 atom stereocenters. The van der Waals surface area contributed by atoms with Crippen molar-refractivity contribution in [1.29, 1.82) is 0 Å². The van der Waals surface area contributed by atoms with Gasteiger partial charge in [-0.1, -0.05) is 101 Å². The van der Waals surface area contributed by atoms with Crippen molar-refractivity contribution in [3.8, 4) is 70.0 Å². The molecule has 0 aliphatic carbocycles.